The number of benzene rings is 2. The van der Waals surface area contributed by atoms with Crippen LogP contribution in [-0.4, -0.2) is 31.9 Å². The minimum absolute atomic E-state index is 0.104. The maximum absolute atomic E-state index is 13.4. The number of amides is 1. The molecule has 7 nitrogen and oxygen atoms in total. The normalized spacial score (nSPS) is 11.8. The molecule has 0 bridgehead atoms. The number of hydrogen-bond acceptors (Lipinski definition) is 4. The Hall–Kier alpha value is -3.39. The number of nitrogens with one attached hydrogen (secondary N) is 1. The van der Waals surface area contributed by atoms with Crippen molar-refractivity contribution in [3.8, 4) is 11.6 Å². The highest BCUT2D eigenvalue weighted by molar-refractivity contribution is 6.30. The van der Waals surface area contributed by atoms with Gasteiger partial charge in [-0.15, -0.1) is 0 Å². The van der Waals surface area contributed by atoms with Crippen molar-refractivity contribution in [2.45, 2.75) is 19.4 Å². The Morgan fingerprint density at radius 1 is 1.21 bits per heavy atom. The molecule has 1 amide bonds. The third-order valence-corrected chi connectivity index (χ3v) is 4.54. The fourth-order valence-electron chi connectivity index (χ4n) is 2.93. The van der Waals surface area contributed by atoms with E-state index in [1.54, 1.807) is 31.2 Å². The van der Waals surface area contributed by atoms with Gasteiger partial charge in [-0.2, -0.15) is 5.10 Å². The first-order valence-corrected chi connectivity index (χ1v) is 8.96. The van der Waals surface area contributed by atoms with Gasteiger partial charge in [0.2, 0.25) is 5.88 Å². The number of aliphatic carboxylic acids is 1. The van der Waals surface area contributed by atoms with Gasteiger partial charge < -0.3 is 15.5 Å². The summed E-state index contributed by atoms with van der Waals surface area (Å²) in [5.41, 5.74) is 1.37. The summed E-state index contributed by atoms with van der Waals surface area (Å²) in [5, 5.41) is 26.5. The highest BCUT2D eigenvalue weighted by Gasteiger charge is 2.23. The van der Waals surface area contributed by atoms with E-state index in [0.717, 1.165) is 4.68 Å². The van der Waals surface area contributed by atoms with Crippen molar-refractivity contribution in [3.05, 3.63) is 76.2 Å². The third-order valence-electron chi connectivity index (χ3n) is 4.29. The summed E-state index contributed by atoms with van der Waals surface area (Å²) in [7, 11) is 0. The van der Waals surface area contributed by atoms with Crippen molar-refractivity contribution < 1.29 is 24.2 Å². The molecule has 0 radical (unpaired) electrons. The molecule has 1 heterocycles. The first-order chi connectivity index (χ1) is 13.7. The van der Waals surface area contributed by atoms with Gasteiger partial charge in [-0.3, -0.25) is 9.59 Å². The minimum atomic E-state index is -1.13. The molecule has 2 aromatic carbocycles. The molecule has 3 N–H and O–H groups in total. The molecule has 1 unspecified atom stereocenters. The molecule has 3 aromatic rings. The Labute approximate surface area is 170 Å². The lowest BCUT2D eigenvalue weighted by atomic mass is 9.98. The first kappa shape index (κ1) is 20.3. The van der Waals surface area contributed by atoms with E-state index in [-0.39, 0.29) is 11.6 Å². The van der Waals surface area contributed by atoms with Crippen LogP contribution in [0.5, 0.6) is 5.88 Å². The fraction of sp³-hybridized carbons (Fsp3) is 0.150. The average molecular weight is 418 g/mol. The summed E-state index contributed by atoms with van der Waals surface area (Å²) in [5.74, 6) is -2.54. The van der Waals surface area contributed by atoms with Crippen molar-refractivity contribution in [1.29, 1.82) is 0 Å². The predicted octanol–water partition coefficient (Wildman–Crippen LogP) is 3.62. The summed E-state index contributed by atoms with van der Waals surface area (Å²) < 4.78 is 14.5. The van der Waals surface area contributed by atoms with Crippen LogP contribution < -0.4 is 5.32 Å². The van der Waals surface area contributed by atoms with E-state index in [1.807, 2.05) is 0 Å². The number of aromatic nitrogens is 2. The Morgan fingerprint density at radius 3 is 2.52 bits per heavy atom. The zero-order valence-electron chi connectivity index (χ0n) is 15.3. The Bertz CT molecular complexity index is 1070. The third kappa shape index (κ3) is 4.72. The van der Waals surface area contributed by atoms with Gasteiger partial charge in [-0.25, -0.2) is 9.07 Å². The summed E-state index contributed by atoms with van der Waals surface area (Å²) >= 11 is 5.85. The molecule has 0 aliphatic heterocycles. The molecular weight excluding hydrogens is 401 g/mol. The second-order valence-corrected chi connectivity index (χ2v) is 6.84. The topological polar surface area (TPSA) is 104 Å². The largest absolute Gasteiger partial charge is 0.493 e. The molecule has 1 atom stereocenters. The van der Waals surface area contributed by atoms with Gasteiger partial charge >= 0.3 is 5.97 Å². The van der Waals surface area contributed by atoms with Crippen LogP contribution in [0.3, 0.4) is 0 Å². The molecule has 150 valence electrons. The van der Waals surface area contributed by atoms with Crippen molar-refractivity contribution in [3.63, 3.8) is 0 Å². The van der Waals surface area contributed by atoms with Crippen molar-refractivity contribution in [2.24, 2.45) is 0 Å². The number of nitrogens with zero attached hydrogens (tertiary/aromatic N) is 2. The average Bonchev–Trinajstić information content (AvgIpc) is 3.03. The monoisotopic (exact) mass is 417 g/mol. The zero-order chi connectivity index (χ0) is 21.1. The van der Waals surface area contributed by atoms with E-state index in [2.05, 4.69) is 10.4 Å². The number of hydrogen-bond donors (Lipinski definition) is 3. The van der Waals surface area contributed by atoms with E-state index in [1.165, 1.54) is 24.3 Å². The maximum atomic E-state index is 13.4. The molecule has 3 rings (SSSR count). The van der Waals surface area contributed by atoms with Gasteiger partial charge in [0.05, 0.1) is 18.2 Å². The Morgan fingerprint density at radius 2 is 1.90 bits per heavy atom. The molecular formula is C20H17ClFN3O4. The number of aromatic hydroxyl groups is 1. The second-order valence-electron chi connectivity index (χ2n) is 6.40. The van der Waals surface area contributed by atoms with Crippen LogP contribution in [0.4, 0.5) is 4.39 Å². The fourth-order valence-corrected chi connectivity index (χ4v) is 3.06. The van der Waals surface area contributed by atoms with Crippen molar-refractivity contribution in [1.82, 2.24) is 15.1 Å². The van der Waals surface area contributed by atoms with Gasteiger partial charge in [0.25, 0.3) is 5.91 Å². The number of carbonyl (C=O) groups excluding carboxylic acids is 1. The zero-order valence-corrected chi connectivity index (χ0v) is 16.0. The Balaban J connectivity index is 1.87. The predicted molar refractivity (Wildman–Crippen MR) is 104 cm³/mol. The molecule has 0 aliphatic carbocycles. The number of halogens is 2. The van der Waals surface area contributed by atoms with Crippen LogP contribution in [0, 0.1) is 12.7 Å². The van der Waals surface area contributed by atoms with E-state index in [0.29, 0.717) is 21.8 Å². The quantitative estimate of drug-likeness (QED) is 0.568. The summed E-state index contributed by atoms with van der Waals surface area (Å²) in [6.45, 7) is 1.63. The van der Waals surface area contributed by atoms with Gasteiger partial charge in [0.1, 0.15) is 5.82 Å². The Kier molecular flexibility index (Phi) is 5.84. The van der Waals surface area contributed by atoms with Crippen LogP contribution in [0.25, 0.3) is 5.69 Å². The SMILES string of the molecule is Cc1cc(F)ccc1C(CC(=O)O)NC(=O)c1cc(O)n(-c2ccc(Cl)cc2)n1. The smallest absolute Gasteiger partial charge is 0.305 e. The van der Waals surface area contributed by atoms with Crippen LogP contribution in [0.2, 0.25) is 5.02 Å². The second kappa shape index (κ2) is 8.32. The molecule has 0 fully saturated rings. The molecule has 0 saturated heterocycles. The summed E-state index contributed by atoms with van der Waals surface area (Å²) in [6.07, 6.45) is -0.401. The van der Waals surface area contributed by atoms with Crippen LogP contribution >= 0.6 is 11.6 Å². The number of carbonyl (C=O) groups is 2. The molecule has 0 aliphatic rings. The molecule has 29 heavy (non-hydrogen) atoms. The molecule has 0 spiro atoms. The van der Waals surface area contributed by atoms with Crippen LogP contribution in [0.15, 0.2) is 48.5 Å². The first-order valence-electron chi connectivity index (χ1n) is 8.58. The number of carboxylic acids is 1. The molecule has 0 saturated carbocycles. The van der Waals surface area contributed by atoms with E-state index in [9.17, 15) is 24.2 Å². The van der Waals surface area contributed by atoms with Gasteiger partial charge in [-0.05, 0) is 54.4 Å². The van der Waals surface area contributed by atoms with E-state index in [4.69, 9.17) is 11.6 Å². The van der Waals surface area contributed by atoms with Crippen LogP contribution in [-0.2, 0) is 4.79 Å². The number of rotatable bonds is 6. The van der Waals surface area contributed by atoms with E-state index >= 15 is 0 Å². The lowest BCUT2D eigenvalue weighted by molar-refractivity contribution is -0.137. The van der Waals surface area contributed by atoms with Crippen LogP contribution in [0.1, 0.15) is 34.1 Å². The molecule has 1 aromatic heterocycles. The summed E-state index contributed by atoms with van der Waals surface area (Å²) in [6, 6.07) is 10.6. The number of aryl methyl sites for hydroxylation is 1. The van der Waals surface area contributed by atoms with Crippen molar-refractivity contribution in [2.75, 3.05) is 0 Å². The highest BCUT2D eigenvalue weighted by atomic mass is 35.5. The number of carboxylic acid groups (broad SMARTS) is 1. The molecule has 9 heteroatoms. The van der Waals surface area contributed by atoms with Gasteiger partial charge in [0, 0.05) is 11.1 Å². The lowest BCUT2D eigenvalue weighted by Gasteiger charge is -2.19. The van der Waals surface area contributed by atoms with E-state index < -0.39 is 30.2 Å². The van der Waals surface area contributed by atoms with Crippen molar-refractivity contribution >= 4 is 23.5 Å². The standard InChI is InChI=1S/C20H17ClFN3O4/c1-11-8-13(22)4-7-15(11)16(10-19(27)28)23-20(29)17-9-18(26)25(24-17)14-5-2-12(21)3-6-14/h2-9,16,26H,10H2,1H3,(H,23,29)(H,27,28). The summed E-state index contributed by atoms with van der Waals surface area (Å²) in [4.78, 5) is 23.9. The lowest BCUT2D eigenvalue weighted by Crippen LogP contribution is -2.31. The minimum Gasteiger partial charge on any atom is -0.493 e. The maximum Gasteiger partial charge on any atom is 0.305 e. The highest BCUT2D eigenvalue weighted by Crippen LogP contribution is 2.24. The van der Waals surface area contributed by atoms with Gasteiger partial charge in [-0.1, -0.05) is 17.7 Å². The van der Waals surface area contributed by atoms with Gasteiger partial charge in [0.15, 0.2) is 5.69 Å².